The van der Waals surface area contributed by atoms with Crippen molar-refractivity contribution in [3.63, 3.8) is 0 Å². The number of ether oxygens (including phenoxy) is 1. The molecule has 1 heteroatoms. The fourth-order valence-electron chi connectivity index (χ4n) is 3.52. The first-order valence-electron chi connectivity index (χ1n) is 9.32. The molecule has 26 heavy (non-hydrogen) atoms. The van der Waals surface area contributed by atoms with Crippen molar-refractivity contribution >= 4 is 12.2 Å². The molecule has 0 fully saturated rings. The molecule has 0 spiro atoms. The summed E-state index contributed by atoms with van der Waals surface area (Å²) in [6.45, 7) is 0. The van der Waals surface area contributed by atoms with Gasteiger partial charge in [0.25, 0.3) is 0 Å². The Kier molecular flexibility index (Phi) is 4.88. The molecule has 130 valence electrons. The molecule has 0 radical (unpaired) electrons. The van der Waals surface area contributed by atoms with E-state index in [0.717, 1.165) is 31.4 Å². The molecular formula is C25H24O. The Morgan fingerprint density at radius 1 is 0.654 bits per heavy atom. The Morgan fingerprint density at radius 3 is 1.96 bits per heavy atom. The van der Waals surface area contributed by atoms with Gasteiger partial charge in [0.15, 0.2) is 0 Å². The molecule has 0 aliphatic heterocycles. The zero-order chi connectivity index (χ0) is 17.8. The van der Waals surface area contributed by atoms with Gasteiger partial charge in [-0.25, -0.2) is 0 Å². The van der Waals surface area contributed by atoms with Gasteiger partial charge in [-0.2, -0.15) is 0 Å². The van der Waals surface area contributed by atoms with Crippen molar-refractivity contribution in [2.75, 3.05) is 7.11 Å². The molecule has 4 aliphatic rings. The average molecular weight is 340 g/mol. The van der Waals surface area contributed by atoms with E-state index in [1.165, 1.54) is 33.4 Å². The summed E-state index contributed by atoms with van der Waals surface area (Å²) < 4.78 is 5.24. The molecule has 0 saturated carbocycles. The molecule has 4 bridgehead atoms. The van der Waals surface area contributed by atoms with Crippen LogP contribution in [0.2, 0.25) is 0 Å². The lowest BCUT2D eigenvalue weighted by Gasteiger charge is -2.12. The SMILES string of the molecule is COc1ccc(/C=C/c2cc3ccc2CCc2ccc(cc2)CC3)cc1. The van der Waals surface area contributed by atoms with E-state index in [-0.39, 0.29) is 0 Å². The second-order valence-corrected chi connectivity index (χ2v) is 6.96. The Bertz CT molecular complexity index is 902. The van der Waals surface area contributed by atoms with E-state index >= 15 is 0 Å². The molecule has 3 aromatic carbocycles. The predicted octanol–water partition coefficient (Wildman–Crippen LogP) is 5.75. The van der Waals surface area contributed by atoms with Crippen LogP contribution in [0, 0.1) is 0 Å². The second kappa shape index (κ2) is 7.61. The minimum absolute atomic E-state index is 0.894. The van der Waals surface area contributed by atoms with Crippen LogP contribution in [-0.4, -0.2) is 7.11 Å². The van der Waals surface area contributed by atoms with Gasteiger partial charge < -0.3 is 4.74 Å². The summed E-state index contributed by atoms with van der Waals surface area (Å²) in [6, 6.07) is 24.3. The van der Waals surface area contributed by atoms with E-state index in [2.05, 4.69) is 66.7 Å². The molecule has 7 rings (SSSR count). The lowest BCUT2D eigenvalue weighted by molar-refractivity contribution is 0.415. The normalized spacial score (nSPS) is 13.6. The van der Waals surface area contributed by atoms with Crippen LogP contribution in [0.3, 0.4) is 0 Å². The summed E-state index contributed by atoms with van der Waals surface area (Å²) in [6.07, 6.45) is 8.80. The van der Waals surface area contributed by atoms with E-state index in [1.807, 2.05) is 12.1 Å². The molecule has 3 aromatic rings. The molecule has 0 heterocycles. The van der Waals surface area contributed by atoms with E-state index < -0.39 is 0 Å². The van der Waals surface area contributed by atoms with Gasteiger partial charge in [-0.3, -0.25) is 0 Å². The minimum atomic E-state index is 0.894. The van der Waals surface area contributed by atoms with Gasteiger partial charge in [0, 0.05) is 0 Å². The highest BCUT2D eigenvalue weighted by Gasteiger charge is 2.06. The highest BCUT2D eigenvalue weighted by Crippen LogP contribution is 2.21. The summed E-state index contributed by atoms with van der Waals surface area (Å²) >= 11 is 0. The van der Waals surface area contributed by atoms with Crippen LogP contribution < -0.4 is 4.74 Å². The first kappa shape index (κ1) is 16.7. The third kappa shape index (κ3) is 3.88. The lowest BCUT2D eigenvalue weighted by atomic mass is 9.93. The van der Waals surface area contributed by atoms with Crippen molar-refractivity contribution in [2.24, 2.45) is 0 Å². The lowest BCUT2D eigenvalue weighted by Crippen LogP contribution is -2.00. The summed E-state index contributed by atoms with van der Waals surface area (Å²) in [5.74, 6) is 0.894. The number of methoxy groups -OCH3 is 1. The van der Waals surface area contributed by atoms with Crippen LogP contribution in [0.25, 0.3) is 12.2 Å². The van der Waals surface area contributed by atoms with Crippen LogP contribution in [0.1, 0.15) is 33.4 Å². The topological polar surface area (TPSA) is 9.23 Å². The van der Waals surface area contributed by atoms with E-state index in [0.29, 0.717) is 0 Å². The maximum Gasteiger partial charge on any atom is 0.118 e. The molecule has 0 N–H and O–H groups in total. The summed E-state index contributed by atoms with van der Waals surface area (Å²) in [5.41, 5.74) is 8.21. The zero-order valence-corrected chi connectivity index (χ0v) is 15.2. The van der Waals surface area contributed by atoms with Crippen LogP contribution >= 0.6 is 0 Å². The van der Waals surface area contributed by atoms with E-state index in [9.17, 15) is 0 Å². The first-order valence-corrected chi connectivity index (χ1v) is 9.32. The first-order chi connectivity index (χ1) is 12.8. The predicted molar refractivity (Wildman–Crippen MR) is 110 cm³/mol. The van der Waals surface area contributed by atoms with Gasteiger partial charge in [0.2, 0.25) is 0 Å². The highest BCUT2D eigenvalue weighted by molar-refractivity contribution is 5.71. The molecule has 0 aromatic heterocycles. The van der Waals surface area contributed by atoms with Crippen LogP contribution in [-0.2, 0) is 25.7 Å². The third-order valence-corrected chi connectivity index (χ3v) is 5.19. The monoisotopic (exact) mass is 340 g/mol. The van der Waals surface area contributed by atoms with Crippen molar-refractivity contribution in [3.05, 3.63) is 100 Å². The maximum absolute atomic E-state index is 5.24. The summed E-state index contributed by atoms with van der Waals surface area (Å²) in [7, 11) is 1.70. The molecular weight excluding hydrogens is 316 g/mol. The van der Waals surface area contributed by atoms with Gasteiger partial charge in [0.05, 0.1) is 7.11 Å². The van der Waals surface area contributed by atoms with Gasteiger partial charge in [0.1, 0.15) is 5.75 Å². The summed E-state index contributed by atoms with van der Waals surface area (Å²) in [4.78, 5) is 0. The molecule has 0 amide bonds. The van der Waals surface area contributed by atoms with E-state index in [1.54, 1.807) is 7.11 Å². The number of hydrogen-bond donors (Lipinski definition) is 0. The maximum atomic E-state index is 5.24. The van der Waals surface area contributed by atoms with E-state index in [4.69, 9.17) is 4.74 Å². The third-order valence-electron chi connectivity index (χ3n) is 5.19. The Labute approximate surface area is 156 Å². The molecule has 0 unspecified atom stereocenters. The quantitative estimate of drug-likeness (QED) is 0.552. The average Bonchev–Trinajstić information content (AvgIpc) is 2.69. The molecule has 1 nitrogen and oxygen atoms in total. The standard InChI is InChI=1S/C25H24O/c1-26-25-16-11-21(12-17-25)9-15-24-18-22-7-6-19-2-4-20(5-3-19)8-13-23(24)14-10-22/h2-5,9-12,14-18H,6-8,13H2,1H3/b15-9+. The fourth-order valence-corrected chi connectivity index (χ4v) is 3.52. The summed E-state index contributed by atoms with van der Waals surface area (Å²) in [5, 5.41) is 0. The van der Waals surface area contributed by atoms with Crippen LogP contribution in [0.5, 0.6) is 5.75 Å². The van der Waals surface area contributed by atoms with Gasteiger partial charge in [-0.1, -0.05) is 66.7 Å². The molecule has 0 saturated heterocycles. The van der Waals surface area contributed by atoms with Crippen molar-refractivity contribution < 1.29 is 4.74 Å². The van der Waals surface area contributed by atoms with Crippen LogP contribution in [0.4, 0.5) is 0 Å². The minimum Gasteiger partial charge on any atom is -0.497 e. The fraction of sp³-hybridized carbons (Fsp3) is 0.200. The van der Waals surface area contributed by atoms with Crippen molar-refractivity contribution in [1.29, 1.82) is 0 Å². The smallest absolute Gasteiger partial charge is 0.118 e. The van der Waals surface area contributed by atoms with Crippen molar-refractivity contribution in [2.45, 2.75) is 25.7 Å². The molecule has 4 aliphatic carbocycles. The van der Waals surface area contributed by atoms with Gasteiger partial charge in [-0.15, -0.1) is 0 Å². The largest absolute Gasteiger partial charge is 0.497 e. The van der Waals surface area contributed by atoms with Crippen molar-refractivity contribution in [3.8, 4) is 5.75 Å². The van der Waals surface area contributed by atoms with Gasteiger partial charge in [-0.05, 0) is 71.2 Å². The zero-order valence-electron chi connectivity index (χ0n) is 15.2. The van der Waals surface area contributed by atoms with Crippen LogP contribution in [0.15, 0.2) is 66.7 Å². The number of rotatable bonds is 3. The molecule has 0 atom stereocenters. The number of benzene rings is 3. The Balaban J connectivity index is 1.62. The van der Waals surface area contributed by atoms with Crippen molar-refractivity contribution in [1.82, 2.24) is 0 Å². The highest BCUT2D eigenvalue weighted by atomic mass is 16.5. The Morgan fingerprint density at radius 2 is 1.27 bits per heavy atom. The number of hydrogen-bond acceptors (Lipinski definition) is 1. The number of aryl methyl sites for hydroxylation is 4. The second-order valence-electron chi connectivity index (χ2n) is 6.96. The Hall–Kier alpha value is -2.80. The van der Waals surface area contributed by atoms with Gasteiger partial charge >= 0.3 is 0 Å².